The van der Waals surface area contributed by atoms with Gasteiger partial charge in [0, 0.05) is 13.0 Å². The lowest BCUT2D eigenvalue weighted by atomic mass is 9.95. The van der Waals surface area contributed by atoms with Gasteiger partial charge < -0.3 is 31.1 Å². The number of unbranched alkanes of at least 4 members (excludes halogenated alkanes) is 1. The lowest BCUT2D eigenvalue weighted by Crippen LogP contribution is -2.63. The van der Waals surface area contributed by atoms with Crippen molar-refractivity contribution in [2.24, 2.45) is 5.73 Å². The summed E-state index contributed by atoms with van der Waals surface area (Å²) in [5, 5.41) is 15.0. The molecule has 1 unspecified atom stereocenters. The highest BCUT2D eigenvalue weighted by Gasteiger charge is 2.41. The van der Waals surface area contributed by atoms with Crippen LogP contribution in [0.5, 0.6) is 0 Å². The third-order valence-corrected chi connectivity index (χ3v) is 7.87. The Kier molecular flexibility index (Phi) is 12.4. The first-order valence-electron chi connectivity index (χ1n) is 14.8. The van der Waals surface area contributed by atoms with Gasteiger partial charge in [0.25, 0.3) is 0 Å². The molecule has 0 bridgehead atoms. The van der Waals surface area contributed by atoms with E-state index in [2.05, 4.69) is 10.6 Å². The molecule has 1 aliphatic rings. The molecule has 4 atom stereocenters. The topological polar surface area (TPSA) is 168 Å². The van der Waals surface area contributed by atoms with Crippen molar-refractivity contribution in [3.05, 3.63) is 71.5 Å². The number of esters is 1. The fourth-order valence-electron chi connectivity index (χ4n) is 4.95. The van der Waals surface area contributed by atoms with Crippen LogP contribution in [0.4, 0.5) is 4.39 Å². The van der Waals surface area contributed by atoms with Crippen LogP contribution in [0.3, 0.4) is 0 Å². The van der Waals surface area contributed by atoms with E-state index >= 15 is 0 Å². The smallest absolute Gasteiger partial charge is 0.338 e. The molecule has 238 valence electrons. The van der Waals surface area contributed by atoms with E-state index < -0.39 is 59.1 Å². The van der Waals surface area contributed by atoms with Crippen LogP contribution >= 0.6 is 0 Å². The number of nitrogens with zero attached hydrogens (tertiary/aromatic N) is 1. The fourth-order valence-corrected chi connectivity index (χ4v) is 4.95. The minimum atomic E-state index is -1.43. The van der Waals surface area contributed by atoms with Gasteiger partial charge in [-0.25, -0.2) is 14.0 Å². The number of halogens is 1. The van der Waals surface area contributed by atoms with Crippen LogP contribution in [0.25, 0.3) is 0 Å². The zero-order valence-electron chi connectivity index (χ0n) is 25.1. The Bertz CT molecular complexity index is 1310. The number of nitrogens with two attached hydrogens (primary N) is 1. The first-order chi connectivity index (χ1) is 20.9. The minimum absolute atomic E-state index is 0.00417. The van der Waals surface area contributed by atoms with Gasteiger partial charge in [-0.15, -0.1) is 0 Å². The largest absolute Gasteiger partial charge is 0.480 e. The SMILES string of the molecule is CCC(C)(NC(=O)[C@@H](N)CCCCOC(=O)c1ccccc1)C(=O)N[C@@H](Cc1ccc(F)cc1)C(=O)N1CCC[C@@H]1C(=O)O. The number of benzene rings is 2. The van der Waals surface area contributed by atoms with Crippen LogP contribution in [0.15, 0.2) is 54.6 Å². The summed E-state index contributed by atoms with van der Waals surface area (Å²) in [7, 11) is 0. The molecule has 1 heterocycles. The molecule has 1 aliphatic heterocycles. The van der Waals surface area contributed by atoms with E-state index in [1.54, 1.807) is 37.3 Å². The van der Waals surface area contributed by atoms with Crippen molar-refractivity contribution in [3.63, 3.8) is 0 Å². The van der Waals surface area contributed by atoms with E-state index in [0.717, 1.165) is 0 Å². The first-order valence-corrected chi connectivity index (χ1v) is 14.8. The van der Waals surface area contributed by atoms with E-state index in [9.17, 15) is 33.5 Å². The second-order valence-corrected chi connectivity index (χ2v) is 11.2. The van der Waals surface area contributed by atoms with Crippen molar-refractivity contribution >= 4 is 29.7 Å². The quantitative estimate of drug-likeness (QED) is 0.176. The van der Waals surface area contributed by atoms with Crippen LogP contribution in [-0.4, -0.2) is 76.5 Å². The van der Waals surface area contributed by atoms with Crippen molar-refractivity contribution in [2.75, 3.05) is 13.2 Å². The van der Waals surface area contributed by atoms with Crippen molar-refractivity contribution in [1.29, 1.82) is 0 Å². The van der Waals surface area contributed by atoms with E-state index in [-0.39, 0.29) is 32.4 Å². The molecule has 0 saturated carbocycles. The highest BCUT2D eigenvalue weighted by atomic mass is 19.1. The molecule has 44 heavy (non-hydrogen) atoms. The van der Waals surface area contributed by atoms with Gasteiger partial charge in [0.05, 0.1) is 18.2 Å². The van der Waals surface area contributed by atoms with Crippen molar-refractivity contribution in [3.8, 4) is 0 Å². The van der Waals surface area contributed by atoms with E-state index in [4.69, 9.17) is 10.5 Å². The zero-order valence-corrected chi connectivity index (χ0v) is 25.1. The van der Waals surface area contributed by atoms with Gasteiger partial charge >= 0.3 is 11.9 Å². The number of rotatable bonds is 15. The molecule has 0 radical (unpaired) electrons. The van der Waals surface area contributed by atoms with Gasteiger partial charge in [-0.05, 0) is 75.3 Å². The number of hydrogen-bond acceptors (Lipinski definition) is 7. The average Bonchev–Trinajstić information content (AvgIpc) is 3.52. The lowest BCUT2D eigenvalue weighted by Gasteiger charge is -2.33. The Hall–Kier alpha value is -4.32. The molecule has 1 fully saturated rings. The van der Waals surface area contributed by atoms with E-state index in [1.807, 2.05) is 0 Å². The Balaban J connectivity index is 1.59. The van der Waals surface area contributed by atoms with E-state index in [0.29, 0.717) is 36.8 Å². The molecule has 2 aromatic carbocycles. The summed E-state index contributed by atoms with van der Waals surface area (Å²) < 4.78 is 18.7. The van der Waals surface area contributed by atoms with Crippen molar-refractivity contribution < 1.29 is 38.2 Å². The number of carboxylic acids is 1. The second-order valence-electron chi connectivity index (χ2n) is 11.2. The molecule has 3 rings (SSSR count). The summed E-state index contributed by atoms with van der Waals surface area (Å²) in [6.07, 6.45) is 2.26. The van der Waals surface area contributed by atoms with Crippen LogP contribution < -0.4 is 16.4 Å². The van der Waals surface area contributed by atoms with Crippen LogP contribution in [-0.2, 0) is 30.3 Å². The Morgan fingerprint density at radius 3 is 2.41 bits per heavy atom. The summed E-state index contributed by atoms with van der Waals surface area (Å²) in [6.45, 7) is 3.61. The summed E-state index contributed by atoms with van der Waals surface area (Å²) in [5.41, 5.74) is 5.69. The average molecular weight is 613 g/mol. The van der Waals surface area contributed by atoms with Crippen LogP contribution in [0.1, 0.15) is 68.3 Å². The number of carbonyl (C=O) groups is 5. The number of carboxylic acid groups (broad SMARTS) is 1. The van der Waals surface area contributed by atoms with E-state index in [1.165, 1.54) is 36.1 Å². The predicted octanol–water partition coefficient (Wildman–Crippen LogP) is 2.57. The fraction of sp³-hybridized carbons (Fsp3) is 0.469. The van der Waals surface area contributed by atoms with Crippen molar-refractivity contribution in [1.82, 2.24) is 15.5 Å². The third kappa shape index (κ3) is 9.34. The Labute approximate surface area is 256 Å². The number of ether oxygens (including phenoxy) is 1. The molecule has 1 saturated heterocycles. The number of aliphatic carboxylic acids is 1. The molecule has 3 amide bonds. The maximum Gasteiger partial charge on any atom is 0.338 e. The molecule has 0 aliphatic carbocycles. The summed E-state index contributed by atoms with van der Waals surface area (Å²) >= 11 is 0. The van der Waals surface area contributed by atoms with Gasteiger partial charge in [-0.1, -0.05) is 37.3 Å². The molecular weight excluding hydrogens is 571 g/mol. The van der Waals surface area contributed by atoms with Crippen LogP contribution in [0, 0.1) is 5.82 Å². The standard InChI is InChI=1S/C32H41FN4O7/c1-3-32(2,36-27(38)24(34)12-7-8-19-44-30(42)22-10-5-4-6-11-22)31(43)35-25(20-21-14-16-23(33)17-15-21)28(39)37-18-9-13-26(37)29(40)41/h4-6,10-11,14-17,24-26H,3,7-9,12-13,18-20,34H2,1-2H3,(H,35,43)(H,36,38)(H,40,41)/t24-,25-,26+,32?/m0/s1. The molecule has 0 spiro atoms. The minimum Gasteiger partial charge on any atom is -0.480 e. The number of nitrogens with one attached hydrogen (secondary N) is 2. The number of hydrogen-bond donors (Lipinski definition) is 4. The highest BCUT2D eigenvalue weighted by molar-refractivity contribution is 5.96. The summed E-state index contributed by atoms with van der Waals surface area (Å²) in [4.78, 5) is 65.1. The highest BCUT2D eigenvalue weighted by Crippen LogP contribution is 2.21. The predicted molar refractivity (Wildman–Crippen MR) is 160 cm³/mol. The third-order valence-electron chi connectivity index (χ3n) is 7.87. The zero-order chi connectivity index (χ0) is 32.3. The Morgan fingerprint density at radius 2 is 1.77 bits per heavy atom. The number of carbonyl (C=O) groups excluding carboxylic acids is 4. The molecular formula is C32H41FN4O7. The first kappa shape index (κ1) is 34.2. The number of likely N-dealkylation sites (tertiary alicyclic amines) is 1. The maximum atomic E-state index is 13.6. The van der Waals surface area contributed by atoms with Gasteiger partial charge in [-0.2, -0.15) is 0 Å². The summed E-state index contributed by atoms with van der Waals surface area (Å²) in [5.74, 6) is -3.79. The molecule has 11 nitrogen and oxygen atoms in total. The molecule has 0 aromatic heterocycles. The molecule has 5 N–H and O–H groups in total. The number of amides is 3. The van der Waals surface area contributed by atoms with Gasteiger partial charge in [0.15, 0.2) is 0 Å². The Morgan fingerprint density at radius 1 is 1.09 bits per heavy atom. The second kappa shape index (κ2) is 15.9. The van der Waals surface area contributed by atoms with Gasteiger partial charge in [0.1, 0.15) is 23.4 Å². The molecule has 12 heteroatoms. The van der Waals surface area contributed by atoms with Gasteiger partial charge in [0.2, 0.25) is 17.7 Å². The normalized spacial score (nSPS) is 17.2. The lowest BCUT2D eigenvalue weighted by molar-refractivity contribution is -0.149. The van der Waals surface area contributed by atoms with Gasteiger partial charge in [-0.3, -0.25) is 14.4 Å². The van der Waals surface area contributed by atoms with Crippen LogP contribution in [0.2, 0.25) is 0 Å². The van der Waals surface area contributed by atoms with Crippen molar-refractivity contribution in [2.45, 2.75) is 82.5 Å². The summed E-state index contributed by atoms with van der Waals surface area (Å²) in [6, 6.07) is 11.0. The maximum absolute atomic E-state index is 13.6. The monoisotopic (exact) mass is 612 g/mol. The molecule has 2 aromatic rings.